The zero-order chi connectivity index (χ0) is 7.07. The molecule has 0 aliphatic carbocycles. The number of aliphatic hydroxyl groups excluding tert-OH is 1. The Morgan fingerprint density at radius 3 is 2.22 bits per heavy atom. The third-order valence-electron chi connectivity index (χ3n) is 1.34. The Balaban J connectivity index is 2.87. The second-order valence-electron chi connectivity index (χ2n) is 2.07. The fourth-order valence-corrected chi connectivity index (χ4v) is 2.57. The molecule has 1 aliphatic heterocycles. The lowest BCUT2D eigenvalue weighted by molar-refractivity contribution is 0.193. The summed E-state index contributed by atoms with van der Waals surface area (Å²) in [4.78, 5) is 0. The molecule has 54 valence electrons. The Kier molecular flexibility index (Phi) is 1.71. The van der Waals surface area contributed by atoms with E-state index in [1.807, 2.05) is 0 Å². The van der Waals surface area contributed by atoms with Gasteiger partial charge in [0.15, 0.2) is 14.5 Å². The van der Waals surface area contributed by atoms with E-state index in [1.165, 1.54) is 0 Å². The largest absolute Gasteiger partial charge is 0.390 e. The van der Waals surface area contributed by atoms with Crippen molar-refractivity contribution in [1.82, 2.24) is 0 Å². The van der Waals surface area contributed by atoms with Crippen LogP contribution in [0.2, 0.25) is 0 Å². The summed E-state index contributed by atoms with van der Waals surface area (Å²) in [6.07, 6.45) is -0.590. The van der Waals surface area contributed by atoms with E-state index in [4.69, 9.17) is 16.7 Å². The van der Waals surface area contributed by atoms with E-state index in [0.717, 1.165) is 0 Å². The van der Waals surface area contributed by atoms with Crippen LogP contribution < -0.4 is 0 Å². The van der Waals surface area contributed by atoms with E-state index >= 15 is 0 Å². The van der Waals surface area contributed by atoms with Crippen LogP contribution in [0.5, 0.6) is 0 Å². The third-order valence-corrected chi connectivity index (χ3v) is 4.25. The second-order valence-corrected chi connectivity index (χ2v) is 5.04. The minimum Gasteiger partial charge on any atom is -0.390 e. The average molecular weight is 171 g/mol. The number of hydrogen-bond donors (Lipinski definition) is 1. The summed E-state index contributed by atoms with van der Waals surface area (Å²) < 4.78 is 20.3. The molecule has 0 aromatic rings. The van der Waals surface area contributed by atoms with Gasteiger partial charge in [0, 0.05) is 0 Å². The highest BCUT2D eigenvalue weighted by atomic mass is 35.5. The first-order chi connectivity index (χ1) is 4.04. The van der Waals surface area contributed by atoms with E-state index in [1.54, 1.807) is 0 Å². The van der Waals surface area contributed by atoms with Crippen molar-refractivity contribution in [3.05, 3.63) is 0 Å². The number of aliphatic hydroxyl groups is 1. The van der Waals surface area contributed by atoms with Crippen LogP contribution in [0.25, 0.3) is 0 Å². The molecule has 1 aliphatic rings. The van der Waals surface area contributed by atoms with Crippen LogP contribution in [0.15, 0.2) is 0 Å². The molecule has 0 aromatic carbocycles. The van der Waals surface area contributed by atoms with Gasteiger partial charge in [-0.25, -0.2) is 8.42 Å². The summed E-state index contributed by atoms with van der Waals surface area (Å²) in [6, 6.07) is 0. The molecular weight excluding hydrogens is 164 g/mol. The van der Waals surface area contributed by atoms with Gasteiger partial charge >= 0.3 is 0 Å². The predicted octanol–water partition coefficient (Wildman–Crippen LogP) is -0.269. The zero-order valence-corrected chi connectivity index (χ0v) is 6.19. The summed E-state index contributed by atoms with van der Waals surface area (Å²) in [5.41, 5.74) is 0. The number of hydrogen-bond acceptors (Lipinski definition) is 3. The molecule has 0 saturated carbocycles. The molecule has 0 bridgehead atoms. The van der Waals surface area contributed by atoms with Gasteiger partial charge in [-0.3, -0.25) is 0 Å². The van der Waals surface area contributed by atoms with Crippen LogP contribution in [-0.4, -0.2) is 30.1 Å². The van der Waals surface area contributed by atoms with E-state index in [2.05, 4.69) is 0 Å². The van der Waals surface area contributed by atoms with Gasteiger partial charge < -0.3 is 5.11 Å². The number of halogens is 1. The topological polar surface area (TPSA) is 54.4 Å². The standard InChI is InChI=1S/C4H7ClO3S/c5-4-3(6)1-2-9(4,7)8/h3-4,6H,1-2H2/t3-,4+/m0/s1. The summed E-state index contributed by atoms with van der Waals surface area (Å²) >= 11 is 5.32. The quantitative estimate of drug-likeness (QED) is 0.510. The average Bonchev–Trinajstić information content (AvgIpc) is 1.97. The highest BCUT2D eigenvalue weighted by molar-refractivity contribution is 7.93. The van der Waals surface area contributed by atoms with Gasteiger partial charge in [0.25, 0.3) is 0 Å². The molecule has 0 unspecified atom stereocenters. The molecule has 2 atom stereocenters. The lowest BCUT2D eigenvalue weighted by Gasteiger charge is -2.01. The Hall–Kier alpha value is 0.200. The molecule has 0 spiro atoms. The van der Waals surface area contributed by atoms with Crippen molar-refractivity contribution in [3.63, 3.8) is 0 Å². The normalized spacial score (nSPS) is 41.1. The van der Waals surface area contributed by atoms with Gasteiger partial charge in [0.2, 0.25) is 0 Å². The predicted molar refractivity (Wildman–Crippen MR) is 34.1 cm³/mol. The molecule has 1 rings (SSSR count). The number of sulfone groups is 1. The van der Waals surface area contributed by atoms with Gasteiger partial charge in [0.1, 0.15) is 0 Å². The molecular formula is C4H7ClO3S. The highest BCUT2D eigenvalue weighted by Crippen LogP contribution is 2.23. The molecule has 9 heavy (non-hydrogen) atoms. The first kappa shape index (κ1) is 7.31. The van der Waals surface area contributed by atoms with Crippen LogP contribution in [0.3, 0.4) is 0 Å². The first-order valence-electron chi connectivity index (χ1n) is 2.58. The Labute approximate surface area is 58.6 Å². The molecule has 0 amide bonds. The van der Waals surface area contributed by atoms with Crippen LogP contribution in [0.1, 0.15) is 6.42 Å². The molecule has 1 heterocycles. The van der Waals surface area contributed by atoms with Gasteiger partial charge in [-0.15, -0.1) is 11.6 Å². The number of rotatable bonds is 0. The molecule has 5 heteroatoms. The van der Waals surface area contributed by atoms with E-state index in [9.17, 15) is 8.42 Å². The molecule has 1 saturated heterocycles. The van der Waals surface area contributed by atoms with E-state index in [-0.39, 0.29) is 12.2 Å². The van der Waals surface area contributed by atoms with Crippen molar-refractivity contribution in [2.45, 2.75) is 17.2 Å². The molecule has 3 nitrogen and oxygen atoms in total. The summed E-state index contributed by atoms with van der Waals surface area (Å²) in [6.45, 7) is 0. The van der Waals surface area contributed by atoms with Gasteiger partial charge in [-0.2, -0.15) is 0 Å². The Morgan fingerprint density at radius 1 is 1.56 bits per heavy atom. The summed E-state index contributed by atoms with van der Waals surface area (Å²) in [7, 11) is -3.16. The fourth-order valence-electron chi connectivity index (χ4n) is 0.768. The van der Waals surface area contributed by atoms with Crippen molar-refractivity contribution in [2.24, 2.45) is 0 Å². The Bertz CT molecular complexity index is 198. The summed E-state index contributed by atoms with van der Waals surface area (Å²) in [5.74, 6) is 0.0162. The third kappa shape index (κ3) is 1.20. The van der Waals surface area contributed by atoms with Crippen LogP contribution >= 0.6 is 11.6 Å². The maximum Gasteiger partial charge on any atom is 0.169 e. The van der Waals surface area contributed by atoms with Crippen LogP contribution in [0, 0.1) is 0 Å². The monoisotopic (exact) mass is 170 g/mol. The maximum absolute atomic E-state index is 10.7. The summed E-state index contributed by atoms with van der Waals surface area (Å²) in [5, 5.41) is 8.82. The van der Waals surface area contributed by atoms with E-state index < -0.39 is 20.7 Å². The zero-order valence-electron chi connectivity index (χ0n) is 4.62. The fraction of sp³-hybridized carbons (Fsp3) is 1.00. The minimum atomic E-state index is -3.16. The minimum absolute atomic E-state index is 0.0162. The molecule has 1 N–H and O–H groups in total. The van der Waals surface area contributed by atoms with E-state index in [0.29, 0.717) is 0 Å². The van der Waals surface area contributed by atoms with Crippen molar-refractivity contribution in [1.29, 1.82) is 0 Å². The van der Waals surface area contributed by atoms with Crippen molar-refractivity contribution in [3.8, 4) is 0 Å². The van der Waals surface area contributed by atoms with Gasteiger partial charge in [-0.1, -0.05) is 0 Å². The van der Waals surface area contributed by atoms with Crippen molar-refractivity contribution < 1.29 is 13.5 Å². The molecule has 0 radical (unpaired) electrons. The smallest absolute Gasteiger partial charge is 0.169 e. The van der Waals surface area contributed by atoms with Crippen molar-refractivity contribution >= 4 is 21.4 Å². The second kappa shape index (κ2) is 2.11. The van der Waals surface area contributed by atoms with Gasteiger partial charge in [-0.05, 0) is 6.42 Å². The lowest BCUT2D eigenvalue weighted by atomic mass is 10.3. The van der Waals surface area contributed by atoms with Crippen molar-refractivity contribution in [2.75, 3.05) is 5.75 Å². The highest BCUT2D eigenvalue weighted by Gasteiger charge is 2.37. The van der Waals surface area contributed by atoms with Crippen LogP contribution in [0.4, 0.5) is 0 Å². The van der Waals surface area contributed by atoms with Crippen LogP contribution in [-0.2, 0) is 9.84 Å². The number of alkyl halides is 1. The molecule has 0 aromatic heterocycles. The van der Waals surface area contributed by atoms with Gasteiger partial charge in [0.05, 0.1) is 11.9 Å². The lowest BCUT2D eigenvalue weighted by Crippen LogP contribution is -2.18. The Morgan fingerprint density at radius 2 is 2.11 bits per heavy atom. The first-order valence-corrected chi connectivity index (χ1v) is 4.73. The molecule has 1 fully saturated rings. The SMILES string of the molecule is O=S1(=O)CC[C@H](O)[C@@H]1Cl. The maximum atomic E-state index is 10.7.